The molecule has 0 spiro atoms. The molecule has 23 heavy (non-hydrogen) atoms. The number of hydrogen-bond donors (Lipinski definition) is 1. The Labute approximate surface area is 138 Å². The Hall–Kier alpha value is -2.49. The van der Waals surface area contributed by atoms with Crippen molar-refractivity contribution < 1.29 is 9.53 Å². The first-order valence-electron chi connectivity index (χ1n) is 7.94. The summed E-state index contributed by atoms with van der Waals surface area (Å²) in [5.74, 6) is 0.684. The molecule has 2 aromatic carbocycles. The minimum atomic E-state index is -0.0997. The van der Waals surface area contributed by atoms with E-state index in [0.717, 1.165) is 30.0 Å². The van der Waals surface area contributed by atoms with Crippen LogP contribution in [0.1, 0.15) is 12.5 Å². The lowest BCUT2D eigenvalue weighted by Gasteiger charge is -2.19. The van der Waals surface area contributed by atoms with E-state index in [1.54, 1.807) is 0 Å². The zero-order chi connectivity index (χ0) is 16.5. The van der Waals surface area contributed by atoms with Gasteiger partial charge in [0.15, 0.2) is 6.61 Å². The van der Waals surface area contributed by atoms with Crippen LogP contribution in [0.3, 0.4) is 0 Å². The zero-order valence-corrected chi connectivity index (χ0v) is 13.8. The Bertz CT molecular complexity index is 614. The smallest absolute Gasteiger partial charge is 0.258 e. The van der Waals surface area contributed by atoms with Gasteiger partial charge < -0.3 is 15.0 Å². The molecule has 1 amide bonds. The molecular weight excluding hydrogens is 288 g/mol. The van der Waals surface area contributed by atoms with Gasteiger partial charge in [-0.15, -0.1) is 0 Å². The van der Waals surface area contributed by atoms with E-state index in [1.807, 2.05) is 61.6 Å². The highest BCUT2D eigenvalue weighted by molar-refractivity contribution is 5.77. The number of amides is 1. The lowest BCUT2D eigenvalue weighted by molar-refractivity contribution is -0.123. The predicted octanol–water partition coefficient (Wildman–Crippen LogP) is 2.88. The SMILES string of the molecule is CCc1ccccc1OCC(=O)NCCN(C)c1ccccc1. The Morgan fingerprint density at radius 3 is 2.52 bits per heavy atom. The number of para-hydroxylation sites is 2. The van der Waals surface area contributed by atoms with Crippen LogP contribution in [0, 0.1) is 0 Å². The zero-order valence-electron chi connectivity index (χ0n) is 13.8. The molecule has 0 atom stereocenters. The highest BCUT2D eigenvalue weighted by atomic mass is 16.5. The van der Waals surface area contributed by atoms with Crippen LogP contribution >= 0.6 is 0 Å². The van der Waals surface area contributed by atoms with Crippen molar-refractivity contribution in [3.05, 3.63) is 60.2 Å². The van der Waals surface area contributed by atoms with Crippen LogP contribution in [-0.4, -0.2) is 32.7 Å². The van der Waals surface area contributed by atoms with E-state index in [0.29, 0.717) is 6.54 Å². The molecule has 0 aliphatic heterocycles. The average molecular weight is 312 g/mol. The van der Waals surface area contributed by atoms with E-state index >= 15 is 0 Å². The quantitative estimate of drug-likeness (QED) is 0.815. The number of aryl methyl sites for hydroxylation is 1. The van der Waals surface area contributed by atoms with E-state index in [-0.39, 0.29) is 12.5 Å². The Kier molecular flexibility index (Phi) is 6.48. The van der Waals surface area contributed by atoms with Crippen molar-refractivity contribution in [2.75, 3.05) is 31.6 Å². The third-order valence-corrected chi connectivity index (χ3v) is 3.68. The number of hydrogen-bond acceptors (Lipinski definition) is 3. The van der Waals surface area contributed by atoms with Gasteiger partial charge in [-0.05, 0) is 30.2 Å². The molecular formula is C19H24N2O2. The molecule has 122 valence electrons. The first-order chi connectivity index (χ1) is 11.2. The van der Waals surface area contributed by atoms with Gasteiger partial charge in [-0.2, -0.15) is 0 Å². The van der Waals surface area contributed by atoms with Crippen LogP contribution in [0.15, 0.2) is 54.6 Å². The summed E-state index contributed by atoms with van der Waals surface area (Å²) in [5, 5.41) is 2.89. The second kappa shape index (κ2) is 8.83. The molecule has 0 saturated heterocycles. The van der Waals surface area contributed by atoms with Gasteiger partial charge in [-0.25, -0.2) is 0 Å². The maximum atomic E-state index is 11.9. The average Bonchev–Trinajstić information content (AvgIpc) is 2.60. The maximum Gasteiger partial charge on any atom is 0.258 e. The van der Waals surface area contributed by atoms with Gasteiger partial charge in [0.2, 0.25) is 0 Å². The number of nitrogens with one attached hydrogen (secondary N) is 1. The highest BCUT2D eigenvalue weighted by Crippen LogP contribution is 2.17. The van der Waals surface area contributed by atoms with Gasteiger partial charge in [0.05, 0.1) is 0 Å². The van der Waals surface area contributed by atoms with Crippen LogP contribution in [0.4, 0.5) is 5.69 Å². The van der Waals surface area contributed by atoms with Crippen molar-refractivity contribution in [3.63, 3.8) is 0 Å². The summed E-state index contributed by atoms with van der Waals surface area (Å²) in [4.78, 5) is 14.0. The molecule has 0 fully saturated rings. The van der Waals surface area contributed by atoms with Crippen molar-refractivity contribution >= 4 is 11.6 Å². The first kappa shape index (κ1) is 16.9. The fourth-order valence-electron chi connectivity index (χ4n) is 2.31. The molecule has 2 aromatic rings. The van der Waals surface area contributed by atoms with Crippen molar-refractivity contribution in [3.8, 4) is 5.75 Å². The maximum absolute atomic E-state index is 11.9. The minimum absolute atomic E-state index is 0.0477. The molecule has 0 aliphatic rings. The van der Waals surface area contributed by atoms with E-state index < -0.39 is 0 Å². The van der Waals surface area contributed by atoms with Crippen molar-refractivity contribution in [2.45, 2.75) is 13.3 Å². The van der Waals surface area contributed by atoms with Crippen LogP contribution in [0.5, 0.6) is 5.75 Å². The third kappa shape index (κ3) is 5.33. The Morgan fingerprint density at radius 1 is 1.09 bits per heavy atom. The number of rotatable bonds is 8. The summed E-state index contributed by atoms with van der Waals surface area (Å²) in [7, 11) is 2.01. The molecule has 0 saturated carbocycles. The van der Waals surface area contributed by atoms with E-state index in [2.05, 4.69) is 17.1 Å². The van der Waals surface area contributed by atoms with Gasteiger partial charge in [0.1, 0.15) is 5.75 Å². The number of benzene rings is 2. The molecule has 2 rings (SSSR count). The third-order valence-electron chi connectivity index (χ3n) is 3.68. The molecule has 0 radical (unpaired) electrons. The van der Waals surface area contributed by atoms with E-state index in [9.17, 15) is 4.79 Å². The molecule has 1 N–H and O–H groups in total. The normalized spacial score (nSPS) is 10.2. The monoisotopic (exact) mass is 312 g/mol. The first-order valence-corrected chi connectivity index (χ1v) is 7.94. The molecule has 4 nitrogen and oxygen atoms in total. The van der Waals surface area contributed by atoms with Crippen LogP contribution < -0.4 is 15.0 Å². The Balaban J connectivity index is 1.71. The molecule has 0 heterocycles. The fourth-order valence-corrected chi connectivity index (χ4v) is 2.31. The molecule has 0 aliphatic carbocycles. The minimum Gasteiger partial charge on any atom is -0.483 e. The van der Waals surface area contributed by atoms with E-state index in [4.69, 9.17) is 4.74 Å². The van der Waals surface area contributed by atoms with Crippen molar-refractivity contribution in [2.24, 2.45) is 0 Å². The number of anilines is 1. The molecule has 4 heteroatoms. The van der Waals surface area contributed by atoms with Crippen LogP contribution in [0.25, 0.3) is 0 Å². The van der Waals surface area contributed by atoms with Gasteiger partial charge in [-0.3, -0.25) is 4.79 Å². The summed E-state index contributed by atoms with van der Waals surface area (Å²) in [6, 6.07) is 17.9. The van der Waals surface area contributed by atoms with Crippen LogP contribution in [-0.2, 0) is 11.2 Å². The second-order valence-electron chi connectivity index (χ2n) is 5.36. The summed E-state index contributed by atoms with van der Waals surface area (Å²) >= 11 is 0. The number of likely N-dealkylation sites (N-methyl/N-ethyl adjacent to an activating group) is 1. The number of carbonyl (C=O) groups is 1. The number of carbonyl (C=O) groups excluding carboxylic acids is 1. The lowest BCUT2D eigenvalue weighted by atomic mass is 10.1. The van der Waals surface area contributed by atoms with Gasteiger partial charge in [0.25, 0.3) is 5.91 Å². The number of nitrogens with zero attached hydrogens (tertiary/aromatic N) is 1. The topological polar surface area (TPSA) is 41.6 Å². The predicted molar refractivity (Wildman–Crippen MR) is 94.0 cm³/mol. The molecule has 0 aromatic heterocycles. The fraction of sp³-hybridized carbons (Fsp3) is 0.316. The molecule has 0 bridgehead atoms. The summed E-state index contributed by atoms with van der Waals surface area (Å²) in [6.07, 6.45) is 0.889. The summed E-state index contributed by atoms with van der Waals surface area (Å²) < 4.78 is 5.61. The summed E-state index contributed by atoms with van der Waals surface area (Å²) in [6.45, 7) is 3.46. The van der Waals surface area contributed by atoms with Gasteiger partial charge >= 0.3 is 0 Å². The standard InChI is InChI=1S/C19H24N2O2/c1-3-16-9-7-8-12-18(16)23-15-19(22)20-13-14-21(2)17-10-5-4-6-11-17/h4-12H,3,13-15H2,1-2H3,(H,20,22). The summed E-state index contributed by atoms with van der Waals surface area (Å²) in [5.41, 5.74) is 2.25. The highest BCUT2D eigenvalue weighted by Gasteiger charge is 2.06. The van der Waals surface area contributed by atoms with Crippen molar-refractivity contribution in [1.82, 2.24) is 5.32 Å². The van der Waals surface area contributed by atoms with Gasteiger partial charge in [-0.1, -0.05) is 43.3 Å². The van der Waals surface area contributed by atoms with Crippen molar-refractivity contribution in [1.29, 1.82) is 0 Å². The Morgan fingerprint density at radius 2 is 1.78 bits per heavy atom. The second-order valence-corrected chi connectivity index (χ2v) is 5.36. The lowest BCUT2D eigenvalue weighted by Crippen LogP contribution is -2.35. The van der Waals surface area contributed by atoms with Gasteiger partial charge in [0, 0.05) is 25.8 Å². The largest absolute Gasteiger partial charge is 0.483 e. The number of ether oxygens (including phenoxy) is 1. The van der Waals surface area contributed by atoms with Crippen LogP contribution in [0.2, 0.25) is 0 Å². The van der Waals surface area contributed by atoms with E-state index in [1.165, 1.54) is 0 Å². The molecule has 0 unspecified atom stereocenters.